The van der Waals surface area contributed by atoms with Gasteiger partial charge in [0.1, 0.15) is 11.1 Å². The van der Waals surface area contributed by atoms with Crippen LogP contribution in [0.25, 0.3) is 5.57 Å². The average molecular weight is 451 g/mol. The molecule has 0 saturated carbocycles. The van der Waals surface area contributed by atoms with Crippen molar-refractivity contribution >= 4 is 21.5 Å². The molecule has 1 amide bonds. The fraction of sp³-hybridized carbons (Fsp3) is 0.609. The van der Waals surface area contributed by atoms with Gasteiger partial charge in [0.25, 0.3) is 0 Å². The minimum absolute atomic E-state index is 0.0905. The van der Waals surface area contributed by atoms with E-state index in [0.29, 0.717) is 25.5 Å². The van der Waals surface area contributed by atoms with E-state index in [-0.39, 0.29) is 12.2 Å². The fourth-order valence-corrected chi connectivity index (χ4v) is 4.90. The second kappa shape index (κ2) is 10.5. The zero-order chi connectivity index (χ0) is 22.4. The number of nitrogens with one attached hydrogen (secondary N) is 1. The van der Waals surface area contributed by atoms with Gasteiger partial charge in [-0.05, 0) is 62.3 Å². The molecular formula is C23H34N2O5S. The van der Waals surface area contributed by atoms with E-state index in [4.69, 9.17) is 9.47 Å². The van der Waals surface area contributed by atoms with Crippen LogP contribution in [0.1, 0.15) is 45.1 Å². The highest BCUT2D eigenvalue weighted by atomic mass is 32.2. The van der Waals surface area contributed by atoms with E-state index in [9.17, 15) is 13.2 Å². The fourth-order valence-electron chi connectivity index (χ4n) is 4.02. The molecule has 0 aliphatic carbocycles. The first-order valence-corrected chi connectivity index (χ1v) is 13.0. The first kappa shape index (κ1) is 23.6. The number of hydrogen-bond acceptors (Lipinski definition) is 6. The number of rotatable bonds is 7. The van der Waals surface area contributed by atoms with Gasteiger partial charge in [-0.2, -0.15) is 0 Å². The van der Waals surface area contributed by atoms with Gasteiger partial charge in [-0.15, -0.1) is 0 Å². The molecular weight excluding hydrogens is 416 g/mol. The maximum atomic E-state index is 12.0. The van der Waals surface area contributed by atoms with Crippen LogP contribution in [0.15, 0.2) is 30.3 Å². The molecule has 2 heterocycles. The van der Waals surface area contributed by atoms with E-state index in [2.05, 4.69) is 5.32 Å². The van der Waals surface area contributed by atoms with Gasteiger partial charge in [0.15, 0.2) is 9.84 Å². The van der Waals surface area contributed by atoms with Gasteiger partial charge >= 0.3 is 6.09 Å². The lowest BCUT2D eigenvalue weighted by Gasteiger charge is -2.31. The van der Waals surface area contributed by atoms with E-state index >= 15 is 0 Å². The lowest BCUT2D eigenvalue weighted by atomic mass is 9.94. The van der Waals surface area contributed by atoms with Crippen LogP contribution in [-0.4, -0.2) is 63.4 Å². The number of benzene rings is 1. The number of hydrogen-bond donors (Lipinski definition) is 1. The molecule has 1 unspecified atom stereocenters. The van der Waals surface area contributed by atoms with Crippen LogP contribution >= 0.6 is 0 Å². The number of amides is 1. The second-order valence-corrected chi connectivity index (χ2v) is 10.9. The molecule has 8 heteroatoms. The number of sulfone groups is 1. The monoisotopic (exact) mass is 450 g/mol. The van der Waals surface area contributed by atoms with Crippen molar-refractivity contribution in [3.63, 3.8) is 0 Å². The summed E-state index contributed by atoms with van der Waals surface area (Å²) in [6.45, 7) is 6.36. The van der Waals surface area contributed by atoms with Crippen LogP contribution < -0.4 is 10.1 Å². The van der Waals surface area contributed by atoms with Crippen molar-refractivity contribution in [3.8, 4) is 5.75 Å². The minimum atomic E-state index is -3.13. The molecule has 7 nitrogen and oxygen atoms in total. The summed E-state index contributed by atoms with van der Waals surface area (Å²) < 4.78 is 35.0. The van der Waals surface area contributed by atoms with E-state index in [1.165, 1.54) is 6.26 Å². The molecule has 3 rings (SSSR count). The highest BCUT2D eigenvalue weighted by Gasteiger charge is 2.25. The molecule has 0 aromatic heterocycles. The van der Waals surface area contributed by atoms with E-state index < -0.39 is 15.2 Å². The number of piperidine rings is 1. The predicted molar refractivity (Wildman–Crippen MR) is 122 cm³/mol. The molecule has 1 aromatic rings. The molecule has 1 saturated heterocycles. The largest absolute Gasteiger partial charge is 0.494 e. The Morgan fingerprint density at radius 3 is 2.68 bits per heavy atom. The van der Waals surface area contributed by atoms with Gasteiger partial charge in [-0.25, -0.2) is 13.2 Å². The standard InChI is InChI=1S/C23H34N2O5S/c1-17(2)30-23(26)25-12-8-18(9-13-25)10-14-29-21-6-4-5-19(15-21)20-7-11-24-22(16-20)31(3,27)28/h4-7,15,17-18,22,24H,8-14,16H2,1-3H3. The Morgan fingerprint density at radius 1 is 1.26 bits per heavy atom. The first-order valence-electron chi connectivity index (χ1n) is 11.0. The van der Waals surface area contributed by atoms with Crippen molar-refractivity contribution in [3.05, 3.63) is 35.9 Å². The van der Waals surface area contributed by atoms with E-state index in [1.807, 2.05) is 44.2 Å². The maximum Gasteiger partial charge on any atom is 0.410 e. The highest BCUT2D eigenvalue weighted by molar-refractivity contribution is 7.91. The van der Waals surface area contributed by atoms with Crippen LogP contribution in [0.5, 0.6) is 5.75 Å². The van der Waals surface area contributed by atoms with Crippen molar-refractivity contribution in [2.45, 2.75) is 51.0 Å². The molecule has 1 N–H and O–H groups in total. The summed E-state index contributed by atoms with van der Waals surface area (Å²) in [6, 6.07) is 7.86. The van der Waals surface area contributed by atoms with Crippen molar-refractivity contribution in [2.75, 3.05) is 32.5 Å². The molecule has 31 heavy (non-hydrogen) atoms. The molecule has 172 valence electrons. The summed E-state index contributed by atoms with van der Waals surface area (Å²) >= 11 is 0. The van der Waals surface area contributed by atoms with Gasteiger partial charge in [0.2, 0.25) is 0 Å². The third kappa shape index (κ3) is 6.97. The van der Waals surface area contributed by atoms with Crippen LogP contribution in [0.2, 0.25) is 0 Å². The summed E-state index contributed by atoms with van der Waals surface area (Å²) in [5.74, 6) is 1.33. The molecule has 1 fully saturated rings. The predicted octanol–water partition coefficient (Wildman–Crippen LogP) is 3.46. The van der Waals surface area contributed by atoms with Crippen molar-refractivity contribution in [1.29, 1.82) is 0 Å². The molecule has 0 radical (unpaired) electrons. The number of likely N-dealkylation sites (tertiary alicyclic amines) is 1. The Kier molecular flexibility index (Phi) is 8.00. The summed E-state index contributed by atoms with van der Waals surface area (Å²) in [5, 5.41) is 2.49. The van der Waals surface area contributed by atoms with Gasteiger partial charge in [0, 0.05) is 32.3 Å². The SMILES string of the molecule is CC(C)OC(=O)N1CCC(CCOc2cccc(C3=CCNC(S(C)(=O)=O)C3)c2)CC1. The normalized spacial score (nSPS) is 20.5. The number of ether oxygens (including phenoxy) is 2. The smallest absolute Gasteiger partial charge is 0.410 e. The van der Waals surface area contributed by atoms with Crippen molar-refractivity contribution < 1.29 is 22.7 Å². The Bertz CT molecular complexity index is 889. The van der Waals surface area contributed by atoms with Gasteiger partial charge in [-0.3, -0.25) is 5.32 Å². The highest BCUT2D eigenvalue weighted by Crippen LogP contribution is 2.28. The average Bonchev–Trinajstić information content (AvgIpc) is 2.73. The Morgan fingerprint density at radius 2 is 2.00 bits per heavy atom. The van der Waals surface area contributed by atoms with Crippen LogP contribution in [0.3, 0.4) is 0 Å². The molecule has 0 spiro atoms. The molecule has 2 aliphatic rings. The Labute approximate surface area is 185 Å². The number of carbonyl (C=O) groups excluding carboxylic acids is 1. The Hall–Kier alpha value is -2.06. The molecule has 1 atom stereocenters. The molecule has 0 bridgehead atoms. The van der Waals surface area contributed by atoms with Crippen LogP contribution in [-0.2, 0) is 14.6 Å². The number of nitrogens with zero attached hydrogens (tertiary/aromatic N) is 1. The van der Waals surface area contributed by atoms with Gasteiger partial charge in [0.05, 0.1) is 12.7 Å². The zero-order valence-corrected chi connectivity index (χ0v) is 19.5. The second-order valence-electron chi connectivity index (χ2n) is 8.69. The van der Waals surface area contributed by atoms with E-state index in [1.54, 1.807) is 4.90 Å². The lowest BCUT2D eigenvalue weighted by molar-refractivity contribution is 0.0637. The van der Waals surface area contributed by atoms with Gasteiger partial charge < -0.3 is 14.4 Å². The molecule has 2 aliphatic heterocycles. The maximum absolute atomic E-state index is 12.0. The zero-order valence-electron chi connectivity index (χ0n) is 18.7. The minimum Gasteiger partial charge on any atom is -0.494 e. The van der Waals surface area contributed by atoms with Crippen molar-refractivity contribution in [1.82, 2.24) is 10.2 Å². The molecule has 1 aromatic carbocycles. The van der Waals surface area contributed by atoms with E-state index in [0.717, 1.165) is 49.2 Å². The van der Waals surface area contributed by atoms with Crippen LogP contribution in [0, 0.1) is 5.92 Å². The summed E-state index contributed by atoms with van der Waals surface area (Å²) in [6.07, 6.45) is 6.33. The number of carbonyl (C=O) groups is 1. The van der Waals surface area contributed by atoms with Crippen LogP contribution in [0.4, 0.5) is 4.79 Å². The third-order valence-corrected chi connectivity index (χ3v) is 7.19. The topological polar surface area (TPSA) is 84.9 Å². The summed E-state index contributed by atoms with van der Waals surface area (Å²) in [7, 11) is -3.13. The first-order chi connectivity index (χ1) is 14.7. The lowest BCUT2D eigenvalue weighted by Crippen LogP contribution is -2.39. The van der Waals surface area contributed by atoms with Crippen molar-refractivity contribution in [2.24, 2.45) is 5.92 Å². The quantitative estimate of drug-likeness (QED) is 0.685. The Balaban J connectivity index is 1.46. The summed E-state index contributed by atoms with van der Waals surface area (Å²) in [5.41, 5.74) is 2.03. The third-order valence-electron chi connectivity index (χ3n) is 5.83. The van der Waals surface area contributed by atoms with Gasteiger partial charge in [-0.1, -0.05) is 18.2 Å². The summed E-state index contributed by atoms with van der Waals surface area (Å²) in [4.78, 5) is 13.8.